The summed E-state index contributed by atoms with van der Waals surface area (Å²) in [5, 5.41) is 0. The van der Waals surface area contributed by atoms with Gasteiger partial charge in [-0.3, -0.25) is 0 Å². The van der Waals surface area contributed by atoms with Crippen molar-refractivity contribution in [2.45, 2.75) is 73.2 Å². The molecule has 0 bridgehead atoms. The van der Waals surface area contributed by atoms with E-state index in [0.29, 0.717) is 77.3 Å². The molecule has 4 aromatic carbocycles. The monoisotopic (exact) mass is 876 g/mol. The molecule has 0 N–H and O–H groups in total. The standard InChI is InChI=1S/C49H46F6O4S2/c1-23-13-31(14-24(2)41(23)56-9)37-21-35(45(60-37)33-17-27(5)43(58-11)28(6)18-33)39-40(48(52,53)49(54,55)47(39,50)51)36-22-38(32-15-25(3)42(57-10)26(4)16-32)61-46(36)34-19-29(7)44(59-12)30(8)20-34/h13-22H,1-12H3. The van der Waals surface area contributed by atoms with Crippen LogP contribution in [0.1, 0.15) is 55.6 Å². The summed E-state index contributed by atoms with van der Waals surface area (Å²) in [6.07, 6.45) is 0. The lowest BCUT2D eigenvalue weighted by atomic mass is 9.90. The van der Waals surface area contributed by atoms with Gasteiger partial charge in [0.05, 0.1) is 28.4 Å². The van der Waals surface area contributed by atoms with Crippen LogP contribution < -0.4 is 18.9 Å². The molecule has 0 fully saturated rings. The highest BCUT2D eigenvalue weighted by atomic mass is 32.1. The summed E-state index contributed by atoms with van der Waals surface area (Å²) in [5.74, 6) is -14.1. The number of benzene rings is 4. The first-order valence-corrected chi connectivity index (χ1v) is 21.1. The molecule has 2 aromatic heterocycles. The first kappa shape index (κ1) is 43.9. The van der Waals surface area contributed by atoms with E-state index in [0.717, 1.165) is 44.9 Å². The summed E-state index contributed by atoms with van der Waals surface area (Å²) in [6.45, 7) is 14.4. The highest BCUT2D eigenvalue weighted by Gasteiger charge is 2.80. The Hall–Kier alpha value is -5.20. The number of thiophene rings is 2. The molecular formula is C49H46F6O4S2. The molecule has 0 saturated heterocycles. The molecule has 0 saturated carbocycles. The van der Waals surface area contributed by atoms with Crippen molar-refractivity contribution in [2.75, 3.05) is 28.4 Å². The van der Waals surface area contributed by atoms with Crippen molar-refractivity contribution in [3.05, 3.63) is 116 Å². The van der Waals surface area contributed by atoms with E-state index in [1.54, 1.807) is 76.2 Å². The highest BCUT2D eigenvalue weighted by Crippen LogP contribution is 2.67. The van der Waals surface area contributed by atoms with Crippen LogP contribution in [-0.2, 0) is 0 Å². The Labute approximate surface area is 360 Å². The third kappa shape index (κ3) is 6.90. The van der Waals surface area contributed by atoms with Crippen LogP contribution in [0.3, 0.4) is 0 Å². The van der Waals surface area contributed by atoms with Crippen molar-refractivity contribution in [3.8, 4) is 64.8 Å². The second-order valence-corrected chi connectivity index (χ2v) is 17.9. The molecule has 0 aliphatic heterocycles. The second kappa shape index (κ2) is 15.6. The van der Waals surface area contributed by atoms with Crippen molar-refractivity contribution >= 4 is 33.8 Å². The average Bonchev–Trinajstić information content (AvgIpc) is 3.84. The third-order valence-corrected chi connectivity index (χ3v) is 13.9. The molecule has 61 heavy (non-hydrogen) atoms. The molecule has 12 heteroatoms. The van der Waals surface area contributed by atoms with E-state index in [9.17, 15) is 0 Å². The van der Waals surface area contributed by atoms with Gasteiger partial charge in [-0.1, -0.05) is 0 Å². The highest BCUT2D eigenvalue weighted by molar-refractivity contribution is 7.19. The number of rotatable bonds is 10. The molecule has 320 valence electrons. The predicted octanol–water partition coefficient (Wildman–Crippen LogP) is 14.8. The molecule has 0 amide bonds. The molecular weight excluding hydrogens is 831 g/mol. The SMILES string of the molecule is COc1c(C)cc(-c2cc(C3=C(c4cc(-c5cc(C)c(OC)c(C)c5)sc4-c4cc(C)c(OC)c(C)c4)C(F)(F)C(F)(F)C3(F)F)c(-c3cc(C)c(OC)c(C)c3)s2)cc1C. The van der Waals surface area contributed by atoms with Crippen LogP contribution in [0.25, 0.3) is 52.9 Å². The van der Waals surface area contributed by atoms with E-state index in [1.807, 2.05) is 27.7 Å². The Kier molecular flexibility index (Phi) is 11.2. The molecule has 1 aliphatic rings. The fourth-order valence-corrected chi connectivity index (χ4v) is 11.2. The van der Waals surface area contributed by atoms with Gasteiger partial charge in [-0.25, -0.2) is 0 Å². The lowest BCUT2D eigenvalue weighted by Crippen LogP contribution is -2.48. The van der Waals surface area contributed by atoms with Gasteiger partial charge in [0.15, 0.2) is 0 Å². The number of ether oxygens (including phenoxy) is 4. The van der Waals surface area contributed by atoms with Gasteiger partial charge in [-0.2, -0.15) is 26.3 Å². The van der Waals surface area contributed by atoms with Gasteiger partial charge in [0.2, 0.25) is 0 Å². The van der Waals surface area contributed by atoms with E-state index in [-0.39, 0.29) is 9.75 Å². The van der Waals surface area contributed by atoms with Crippen LogP contribution in [0.5, 0.6) is 23.0 Å². The van der Waals surface area contributed by atoms with Gasteiger partial charge in [-0.15, -0.1) is 22.7 Å². The zero-order valence-corrected chi connectivity index (χ0v) is 37.6. The zero-order valence-electron chi connectivity index (χ0n) is 36.0. The smallest absolute Gasteiger partial charge is 0.380 e. The zero-order chi connectivity index (χ0) is 44.7. The molecule has 0 spiro atoms. The van der Waals surface area contributed by atoms with E-state index >= 15 is 26.3 Å². The summed E-state index contributed by atoms with van der Waals surface area (Å²) < 4.78 is 123. The van der Waals surface area contributed by atoms with Crippen LogP contribution in [0.2, 0.25) is 0 Å². The van der Waals surface area contributed by atoms with Crippen LogP contribution in [0.4, 0.5) is 26.3 Å². The summed E-state index contributed by atoms with van der Waals surface area (Å²) in [6, 6.07) is 16.7. The molecule has 0 unspecified atom stereocenters. The molecule has 6 aromatic rings. The van der Waals surface area contributed by atoms with E-state index in [1.165, 1.54) is 40.6 Å². The summed E-state index contributed by atoms with van der Waals surface area (Å²) in [5.41, 5.74) is 3.87. The lowest BCUT2D eigenvalue weighted by molar-refractivity contribution is -0.254. The third-order valence-electron chi connectivity index (χ3n) is 11.4. The van der Waals surface area contributed by atoms with Gasteiger partial charge >= 0.3 is 17.8 Å². The quantitative estimate of drug-likeness (QED) is 0.129. The first-order valence-electron chi connectivity index (χ1n) is 19.4. The predicted molar refractivity (Wildman–Crippen MR) is 236 cm³/mol. The first-order chi connectivity index (χ1) is 28.6. The lowest BCUT2D eigenvalue weighted by Gasteiger charge is -2.26. The normalized spacial score (nSPS) is 15.4. The van der Waals surface area contributed by atoms with Crippen LogP contribution >= 0.6 is 22.7 Å². The Morgan fingerprint density at radius 2 is 0.590 bits per heavy atom. The summed E-state index contributed by atoms with van der Waals surface area (Å²) >= 11 is 2.14. The molecule has 0 radical (unpaired) electrons. The van der Waals surface area contributed by atoms with Crippen LogP contribution in [0, 0.1) is 55.4 Å². The van der Waals surface area contributed by atoms with Crippen LogP contribution in [-0.4, -0.2) is 46.2 Å². The molecule has 7 rings (SSSR count). The van der Waals surface area contributed by atoms with Gasteiger partial charge < -0.3 is 18.9 Å². The van der Waals surface area contributed by atoms with Crippen molar-refractivity contribution in [3.63, 3.8) is 0 Å². The fourth-order valence-electron chi connectivity index (χ4n) is 8.94. The van der Waals surface area contributed by atoms with E-state index < -0.39 is 40.0 Å². The molecule has 0 atom stereocenters. The van der Waals surface area contributed by atoms with Crippen molar-refractivity contribution < 1.29 is 45.3 Å². The van der Waals surface area contributed by atoms with Gasteiger partial charge in [0.1, 0.15) is 23.0 Å². The largest absolute Gasteiger partial charge is 0.496 e. The average molecular weight is 877 g/mol. The summed E-state index contributed by atoms with van der Waals surface area (Å²) in [4.78, 5) is 1.10. The van der Waals surface area contributed by atoms with Crippen molar-refractivity contribution in [1.82, 2.24) is 0 Å². The number of allylic oxidation sites excluding steroid dienone is 2. The molecule has 1 aliphatic carbocycles. The minimum absolute atomic E-state index is 0.130. The second-order valence-electron chi connectivity index (χ2n) is 15.8. The van der Waals surface area contributed by atoms with E-state index in [2.05, 4.69) is 0 Å². The van der Waals surface area contributed by atoms with Crippen molar-refractivity contribution in [1.29, 1.82) is 0 Å². The molecule has 4 nitrogen and oxygen atoms in total. The number of aryl methyl sites for hydroxylation is 8. The number of hydrogen-bond acceptors (Lipinski definition) is 6. The molecule has 2 heterocycles. The maximum atomic E-state index is 17.0. The summed E-state index contributed by atoms with van der Waals surface area (Å²) in [7, 11) is 6.09. The number of alkyl halides is 6. The minimum Gasteiger partial charge on any atom is -0.496 e. The maximum Gasteiger partial charge on any atom is 0.380 e. The number of hydrogen-bond donors (Lipinski definition) is 0. The van der Waals surface area contributed by atoms with Gasteiger partial charge in [0, 0.05) is 41.8 Å². The topological polar surface area (TPSA) is 36.9 Å². The van der Waals surface area contributed by atoms with Crippen LogP contribution in [0.15, 0.2) is 60.7 Å². The van der Waals surface area contributed by atoms with Gasteiger partial charge in [-0.05, 0) is 183 Å². The minimum atomic E-state index is -5.80. The Morgan fingerprint density at radius 1 is 0.361 bits per heavy atom. The Bertz CT molecular complexity index is 2500. The maximum absolute atomic E-state index is 17.0. The van der Waals surface area contributed by atoms with Crippen molar-refractivity contribution in [2.24, 2.45) is 0 Å². The van der Waals surface area contributed by atoms with E-state index in [4.69, 9.17) is 18.9 Å². The number of methoxy groups -OCH3 is 4. The number of halogens is 6. The Morgan fingerprint density at radius 3 is 0.820 bits per heavy atom. The van der Waals surface area contributed by atoms with Gasteiger partial charge in [0.25, 0.3) is 0 Å². The Balaban J connectivity index is 1.64. The fraction of sp³-hybridized carbons (Fsp3) is 0.306.